The maximum atomic E-state index is 13.6. The molecule has 1 heterocycles. The van der Waals surface area contributed by atoms with Gasteiger partial charge >= 0.3 is 0 Å². The lowest BCUT2D eigenvalue weighted by molar-refractivity contribution is 0.619. The Morgan fingerprint density at radius 2 is 2.05 bits per heavy atom. The number of hydrogen-bond acceptors (Lipinski definition) is 4. The molecule has 0 bridgehead atoms. The molecule has 5 heteroatoms. The van der Waals surface area contributed by atoms with Crippen LogP contribution in [0.1, 0.15) is 24.6 Å². The molecule has 0 radical (unpaired) electrons. The van der Waals surface area contributed by atoms with Crippen molar-refractivity contribution in [1.29, 1.82) is 0 Å². The number of nitrogens with one attached hydrogen (secondary N) is 1. The highest BCUT2D eigenvalue weighted by Gasteiger charge is 2.08. The molecule has 1 aromatic carbocycles. The zero-order chi connectivity index (χ0) is 13.8. The van der Waals surface area contributed by atoms with Gasteiger partial charge in [0.05, 0.1) is 0 Å². The monoisotopic (exact) mass is 260 g/mol. The van der Waals surface area contributed by atoms with E-state index in [2.05, 4.69) is 22.3 Å². The molecule has 4 nitrogen and oxygen atoms in total. The first-order valence-corrected chi connectivity index (χ1v) is 6.25. The number of nitrogens with two attached hydrogens (primary N) is 1. The molecule has 0 aliphatic rings. The maximum absolute atomic E-state index is 13.6. The molecule has 0 aliphatic heterocycles. The minimum absolute atomic E-state index is 0.260. The van der Waals surface area contributed by atoms with Gasteiger partial charge in [-0.25, -0.2) is 20.2 Å². The Kier molecular flexibility index (Phi) is 4.06. The van der Waals surface area contributed by atoms with E-state index in [1.165, 1.54) is 6.07 Å². The van der Waals surface area contributed by atoms with E-state index in [1.807, 2.05) is 6.07 Å². The summed E-state index contributed by atoms with van der Waals surface area (Å²) in [5.41, 5.74) is 4.66. The van der Waals surface area contributed by atoms with Gasteiger partial charge in [-0.3, -0.25) is 0 Å². The Labute approximate surface area is 111 Å². The van der Waals surface area contributed by atoms with Crippen molar-refractivity contribution in [1.82, 2.24) is 9.97 Å². The summed E-state index contributed by atoms with van der Waals surface area (Å²) in [4.78, 5) is 8.70. The second-order valence-electron chi connectivity index (χ2n) is 4.43. The van der Waals surface area contributed by atoms with E-state index in [0.29, 0.717) is 22.8 Å². The van der Waals surface area contributed by atoms with Gasteiger partial charge in [-0.05, 0) is 25.0 Å². The van der Waals surface area contributed by atoms with Crippen molar-refractivity contribution in [3.63, 3.8) is 0 Å². The molecule has 0 spiro atoms. The molecule has 0 atom stereocenters. The molecule has 0 saturated heterocycles. The van der Waals surface area contributed by atoms with Crippen LogP contribution in [0.2, 0.25) is 0 Å². The van der Waals surface area contributed by atoms with Crippen molar-refractivity contribution < 1.29 is 4.39 Å². The second kappa shape index (κ2) is 5.75. The van der Waals surface area contributed by atoms with Crippen LogP contribution in [0, 0.1) is 12.7 Å². The first-order valence-electron chi connectivity index (χ1n) is 6.25. The summed E-state index contributed by atoms with van der Waals surface area (Å²) in [7, 11) is 0. The fraction of sp³-hybridized carbons (Fsp3) is 0.286. The fourth-order valence-electron chi connectivity index (χ4n) is 1.82. The minimum atomic E-state index is -0.260. The summed E-state index contributed by atoms with van der Waals surface area (Å²) < 4.78 is 13.6. The number of rotatable bonds is 4. The quantitative estimate of drug-likeness (QED) is 0.655. The van der Waals surface area contributed by atoms with Gasteiger partial charge in [0.2, 0.25) is 0 Å². The van der Waals surface area contributed by atoms with Gasteiger partial charge in [0, 0.05) is 17.3 Å². The summed E-state index contributed by atoms with van der Waals surface area (Å²) in [6.45, 7) is 3.79. The topological polar surface area (TPSA) is 63.8 Å². The van der Waals surface area contributed by atoms with Gasteiger partial charge in [-0.2, -0.15) is 0 Å². The average Bonchev–Trinajstić information content (AvgIpc) is 2.42. The summed E-state index contributed by atoms with van der Waals surface area (Å²) in [6.07, 6.45) is 1.81. The van der Waals surface area contributed by atoms with Crippen LogP contribution < -0.4 is 11.3 Å². The van der Waals surface area contributed by atoms with Crippen LogP contribution >= 0.6 is 0 Å². The average molecular weight is 260 g/mol. The van der Waals surface area contributed by atoms with Crippen molar-refractivity contribution >= 4 is 5.82 Å². The number of nitrogen functional groups attached to an aromatic ring is 1. The van der Waals surface area contributed by atoms with Crippen molar-refractivity contribution in [2.24, 2.45) is 5.84 Å². The number of hydrazine groups is 1. The van der Waals surface area contributed by atoms with E-state index in [-0.39, 0.29) is 5.82 Å². The lowest BCUT2D eigenvalue weighted by Crippen LogP contribution is -2.10. The predicted octanol–water partition coefficient (Wildman–Crippen LogP) is 2.83. The van der Waals surface area contributed by atoms with E-state index in [9.17, 15) is 4.39 Å². The van der Waals surface area contributed by atoms with Gasteiger partial charge in [0.25, 0.3) is 0 Å². The van der Waals surface area contributed by atoms with Gasteiger partial charge in [-0.1, -0.05) is 25.5 Å². The fourth-order valence-corrected chi connectivity index (χ4v) is 1.82. The van der Waals surface area contributed by atoms with Crippen LogP contribution in [-0.4, -0.2) is 9.97 Å². The standard InChI is InChI=1S/C14H17FN4/c1-3-4-11-8-13(19-16)18-14(17-11)10-6-5-9(2)12(15)7-10/h5-8H,3-4,16H2,1-2H3,(H,17,18,19). The zero-order valence-electron chi connectivity index (χ0n) is 11.1. The molecule has 2 rings (SSSR count). The number of nitrogens with zero attached hydrogens (tertiary/aromatic N) is 2. The first-order chi connectivity index (χ1) is 9.13. The number of aromatic nitrogens is 2. The third-order valence-electron chi connectivity index (χ3n) is 2.86. The van der Waals surface area contributed by atoms with Crippen LogP contribution in [-0.2, 0) is 6.42 Å². The lowest BCUT2D eigenvalue weighted by atomic mass is 10.1. The van der Waals surface area contributed by atoms with Crippen LogP contribution in [0.4, 0.5) is 10.2 Å². The molecule has 0 aliphatic carbocycles. The van der Waals surface area contributed by atoms with Gasteiger partial charge in [0.15, 0.2) is 5.82 Å². The number of aryl methyl sites for hydroxylation is 2. The minimum Gasteiger partial charge on any atom is -0.308 e. The lowest BCUT2D eigenvalue weighted by Gasteiger charge is -2.08. The highest BCUT2D eigenvalue weighted by molar-refractivity contribution is 5.58. The van der Waals surface area contributed by atoms with E-state index >= 15 is 0 Å². The molecule has 19 heavy (non-hydrogen) atoms. The Morgan fingerprint density at radius 1 is 1.26 bits per heavy atom. The van der Waals surface area contributed by atoms with Crippen molar-refractivity contribution in [3.8, 4) is 11.4 Å². The maximum Gasteiger partial charge on any atom is 0.161 e. The third-order valence-corrected chi connectivity index (χ3v) is 2.86. The predicted molar refractivity (Wildman–Crippen MR) is 74.0 cm³/mol. The molecule has 0 saturated carbocycles. The Morgan fingerprint density at radius 3 is 2.68 bits per heavy atom. The molecule has 2 aromatic rings. The second-order valence-corrected chi connectivity index (χ2v) is 4.43. The van der Waals surface area contributed by atoms with E-state index in [4.69, 9.17) is 5.84 Å². The van der Waals surface area contributed by atoms with Crippen molar-refractivity contribution in [3.05, 3.63) is 41.3 Å². The highest BCUT2D eigenvalue weighted by Crippen LogP contribution is 2.20. The Hall–Kier alpha value is -2.01. The van der Waals surface area contributed by atoms with E-state index in [1.54, 1.807) is 19.1 Å². The first kappa shape index (κ1) is 13.4. The highest BCUT2D eigenvalue weighted by atomic mass is 19.1. The summed E-state index contributed by atoms with van der Waals surface area (Å²) in [5.74, 6) is 6.16. The number of anilines is 1. The smallest absolute Gasteiger partial charge is 0.161 e. The zero-order valence-corrected chi connectivity index (χ0v) is 11.1. The summed E-state index contributed by atoms with van der Waals surface area (Å²) >= 11 is 0. The summed E-state index contributed by atoms with van der Waals surface area (Å²) in [6, 6.07) is 6.78. The van der Waals surface area contributed by atoms with E-state index in [0.717, 1.165) is 18.5 Å². The normalized spacial score (nSPS) is 10.5. The molecule has 100 valence electrons. The van der Waals surface area contributed by atoms with Gasteiger partial charge < -0.3 is 5.43 Å². The molecule has 3 N–H and O–H groups in total. The van der Waals surface area contributed by atoms with Crippen molar-refractivity contribution in [2.45, 2.75) is 26.7 Å². The van der Waals surface area contributed by atoms with Crippen LogP contribution in [0.5, 0.6) is 0 Å². The molecule has 0 fully saturated rings. The van der Waals surface area contributed by atoms with Crippen LogP contribution in [0.15, 0.2) is 24.3 Å². The molecule has 0 unspecified atom stereocenters. The third kappa shape index (κ3) is 3.06. The largest absolute Gasteiger partial charge is 0.308 e. The molecule has 1 aromatic heterocycles. The molecular formula is C14H17FN4. The van der Waals surface area contributed by atoms with Crippen LogP contribution in [0.3, 0.4) is 0 Å². The number of hydrogen-bond donors (Lipinski definition) is 2. The van der Waals surface area contributed by atoms with Crippen LogP contribution in [0.25, 0.3) is 11.4 Å². The Balaban J connectivity index is 2.47. The number of halogens is 1. The van der Waals surface area contributed by atoms with E-state index < -0.39 is 0 Å². The van der Waals surface area contributed by atoms with Gasteiger partial charge in [0.1, 0.15) is 11.6 Å². The Bertz CT molecular complexity index is 584. The SMILES string of the molecule is CCCc1cc(NN)nc(-c2ccc(C)c(F)c2)n1. The van der Waals surface area contributed by atoms with Crippen molar-refractivity contribution in [2.75, 3.05) is 5.43 Å². The molecule has 0 amide bonds. The number of benzene rings is 1. The van der Waals surface area contributed by atoms with Gasteiger partial charge in [-0.15, -0.1) is 0 Å². The summed E-state index contributed by atoms with van der Waals surface area (Å²) in [5, 5.41) is 0. The molecular weight excluding hydrogens is 243 g/mol.